The highest BCUT2D eigenvalue weighted by atomic mass is 35.5. The third-order valence-electron chi connectivity index (χ3n) is 5.10. The first kappa shape index (κ1) is 15.6. The zero-order valence-electron chi connectivity index (χ0n) is 13.3. The Morgan fingerprint density at radius 1 is 1.52 bits per heavy atom. The van der Waals surface area contributed by atoms with Crippen LogP contribution in [0.25, 0.3) is 0 Å². The summed E-state index contributed by atoms with van der Waals surface area (Å²) in [7, 11) is 0. The number of aromatic nitrogens is 1. The Kier molecular flexibility index (Phi) is 4.18. The summed E-state index contributed by atoms with van der Waals surface area (Å²) in [6.07, 6.45) is 6.87. The van der Waals surface area contributed by atoms with Gasteiger partial charge in [-0.05, 0) is 49.4 Å². The summed E-state index contributed by atoms with van der Waals surface area (Å²) in [6.45, 7) is 5.13. The molecule has 0 amide bonds. The van der Waals surface area contributed by atoms with Crippen LogP contribution in [0.1, 0.15) is 35.8 Å². The average molecular weight is 349 g/mol. The number of hydrogen-bond donors (Lipinski definition) is 0. The van der Waals surface area contributed by atoms with Crippen LogP contribution in [-0.4, -0.2) is 29.1 Å². The predicted octanol–water partition coefficient (Wildman–Crippen LogP) is 4.25. The molecule has 5 heteroatoms. The van der Waals surface area contributed by atoms with Crippen LogP contribution in [0, 0.1) is 0 Å². The predicted molar refractivity (Wildman–Crippen MR) is 94.0 cm³/mol. The Hall–Kier alpha value is -0.940. The number of pyridine rings is 1. The monoisotopic (exact) mass is 348 g/mol. The fraction of sp³-hybridized carbons (Fsp3) is 0.500. The van der Waals surface area contributed by atoms with Crippen molar-refractivity contribution in [2.75, 3.05) is 13.2 Å². The molecule has 3 nitrogen and oxygen atoms in total. The van der Waals surface area contributed by atoms with Gasteiger partial charge in [-0.3, -0.25) is 9.88 Å². The van der Waals surface area contributed by atoms with Crippen molar-refractivity contribution in [2.45, 2.75) is 44.4 Å². The third-order valence-corrected chi connectivity index (χ3v) is 6.59. The molecule has 4 rings (SSSR count). The van der Waals surface area contributed by atoms with Gasteiger partial charge in [-0.2, -0.15) is 0 Å². The highest BCUT2D eigenvalue weighted by Crippen LogP contribution is 2.47. The molecule has 122 valence electrons. The molecule has 1 fully saturated rings. The Morgan fingerprint density at radius 3 is 3.22 bits per heavy atom. The van der Waals surface area contributed by atoms with Crippen LogP contribution in [-0.2, 0) is 23.3 Å². The molecule has 2 aromatic heterocycles. The molecule has 0 N–H and O–H groups in total. The molecule has 1 spiro atoms. The number of fused-ring (bicyclic) bond motifs is 2. The maximum atomic E-state index is 6.33. The summed E-state index contributed by atoms with van der Waals surface area (Å²) < 4.78 is 7.22. The molecular weight excluding hydrogens is 328 g/mol. The van der Waals surface area contributed by atoms with Crippen molar-refractivity contribution < 1.29 is 4.74 Å². The van der Waals surface area contributed by atoms with Crippen molar-refractivity contribution in [3.8, 4) is 0 Å². The second-order valence-electron chi connectivity index (χ2n) is 6.63. The van der Waals surface area contributed by atoms with E-state index in [0.717, 1.165) is 43.3 Å². The second-order valence-corrected chi connectivity index (χ2v) is 8.32. The van der Waals surface area contributed by atoms with E-state index in [1.807, 2.05) is 18.5 Å². The van der Waals surface area contributed by atoms with Gasteiger partial charge in [-0.15, -0.1) is 11.3 Å². The lowest BCUT2D eigenvalue weighted by molar-refractivity contribution is -0.110. The number of thiophene rings is 1. The number of piperidine rings is 1. The number of hydrogen-bond acceptors (Lipinski definition) is 4. The Bertz CT molecular complexity index is 690. The summed E-state index contributed by atoms with van der Waals surface area (Å²) in [5.74, 6) is 0. The Labute approximate surface area is 146 Å². The van der Waals surface area contributed by atoms with Crippen molar-refractivity contribution in [1.29, 1.82) is 0 Å². The van der Waals surface area contributed by atoms with Gasteiger partial charge in [0.05, 0.1) is 10.9 Å². The van der Waals surface area contributed by atoms with Gasteiger partial charge in [0.2, 0.25) is 0 Å². The number of ether oxygens (including phenoxy) is 1. The standard InChI is InChI=1S/C18H21ClN2OS/c1-13-10-18(17-15(4-8-22-18)9-16(19)23-17)5-7-21(13)12-14-3-2-6-20-11-14/h2-3,6,9,11,13H,4-5,7-8,10,12H2,1H3/t13-,18+/m0/s1. The molecule has 1 saturated heterocycles. The number of rotatable bonds is 2. The molecule has 0 bridgehead atoms. The van der Waals surface area contributed by atoms with Crippen molar-refractivity contribution in [3.63, 3.8) is 0 Å². The van der Waals surface area contributed by atoms with E-state index in [2.05, 4.69) is 28.9 Å². The van der Waals surface area contributed by atoms with E-state index in [4.69, 9.17) is 16.3 Å². The summed E-state index contributed by atoms with van der Waals surface area (Å²) in [6, 6.07) is 6.78. The third kappa shape index (κ3) is 2.93. The molecule has 2 aliphatic rings. The van der Waals surface area contributed by atoms with Crippen LogP contribution in [0.5, 0.6) is 0 Å². The minimum absolute atomic E-state index is 0.115. The summed E-state index contributed by atoms with van der Waals surface area (Å²) >= 11 is 7.99. The summed E-state index contributed by atoms with van der Waals surface area (Å²) in [4.78, 5) is 8.14. The lowest BCUT2D eigenvalue weighted by Gasteiger charge is -2.47. The fourth-order valence-corrected chi connectivity index (χ4v) is 5.42. The minimum Gasteiger partial charge on any atom is -0.369 e. The van der Waals surface area contributed by atoms with E-state index < -0.39 is 0 Å². The van der Waals surface area contributed by atoms with Crippen molar-refractivity contribution in [1.82, 2.24) is 9.88 Å². The first-order valence-corrected chi connectivity index (χ1v) is 9.41. The van der Waals surface area contributed by atoms with E-state index in [0.29, 0.717) is 6.04 Å². The van der Waals surface area contributed by atoms with E-state index in [1.54, 1.807) is 11.3 Å². The van der Waals surface area contributed by atoms with Gasteiger partial charge >= 0.3 is 0 Å². The van der Waals surface area contributed by atoms with Crippen LogP contribution in [0.2, 0.25) is 4.34 Å². The molecule has 4 heterocycles. The molecule has 0 aromatic carbocycles. The van der Waals surface area contributed by atoms with Crippen LogP contribution in [0.15, 0.2) is 30.6 Å². The Balaban J connectivity index is 1.53. The molecule has 0 aliphatic carbocycles. The quantitative estimate of drug-likeness (QED) is 0.811. The zero-order valence-corrected chi connectivity index (χ0v) is 14.9. The highest BCUT2D eigenvalue weighted by Gasteiger charge is 2.44. The van der Waals surface area contributed by atoms with Crippen LogP contribution < -0.4 is 0 Å². The molecule has 2 aliphatic heterocycles. The number of halogens is 1. The molecule has 2 aromatic rings. The van der Waals surface area contributed by atoms with Crippen LogP contribution >= 0.6 is 22.9 Å². The first-order chi connectivity index (χ1) is 11.2. The lowest BCUT2D eigenvalue weighted by atomic mass is 9.82. The SMILES string of the molecule is C[C@H]1C[C@@]2(CCN1Cc1cccnc1)OCCc1cc(Cl)sc12. The van der Waals surface area contributed by atoms with E-state index >= 15 is 0 Å². The van der Waals surface area contributed by atoms with Gasteiger partial charge in [-0.1, -0.05) is 17.7 Å². The normalized spacial score (nSPS) is 28.0. The Morgan fingerprint density at radius 2 is 2.43 bits per heavy atom. The highest BCUT2D eigenvalue weighted by molar-refractivity contribution is 7.16. The van der Waals surface area contributed by atoms with Crippen molar-refractivity contribution >= 4 is 22.9 Å². The zero-order chi connectivity index (χ0) is 15.9. The fourth-order valence-electron chi connectivity index (χ4n) is 3.94. The van der Waals surface area contributed by atoms with Crippen LogP contribution in [0.4, 0.5) is 0 Å². The summed E-state index contributed by atoms with van der Waals surface area (Å²) in [5.41, 5.74) is 2.56. The van der Waals surface area contributed by atoms with Gasteiger partial charge in [-0.25, -0.2) is 0 Å². The van der Waals surface area contributed by atoms with E-state index in [-0.39, 0.29) is 5.60 Å². The second kappa shape index (κ2) is 6.17. The summed E-state index contributed by atoms with van der Waals surface area (Å²) in [5, 5.41) is 0. The molecule has 23 heavy (non-hydrogen) atoms. The molecule has 0 unspecified atom stereocenters. The van der Waals surface area contributed by atoms with Crippen molar-refractivity contribution in [3.05, 3.63) is 50.9 Å². The van der Waals surface area contributed by atoms with Gasteiger partial charge in [0.25, 0.3) is 0 Å². The number of nitrogens with zero attached hydrogens (tertiary/aromatic N) is 2. The molecule has 2 atom stereocenters. The maximum Gasteiger partial charge on any atom is 0.105 e. The number of likely N-dealkylation sites (tertiary alicyclic amines) is 1. The average Bonchev–Trinajstić information content (AvgIpc) is 2.94. The molecule has 0 radical (unpaired) electrons. The van der Waals surface area contributed by atoms with Crippen molar-refractivity contribution in [2.24, 2.45) is 0 Å². The molecular formula is C18H21ClN2OS. The smallest absolute Gasteiger partial charge is 0.105 e. The van der Waals surface area contributed by atoms with Crippen LogP contribution in [0.3, 0.4) is 0 Å². The topological polar surface area (TPSA) is 25.4 Å². The first-order valence-electron chi connectivity index (χ1n) is 8.22. The lowest BCUT2D eigenvalue weighted by Crippen LogP contribution is -2.49. The van der Waals surface area contributed by atoms with Gasteiger partial charge in [0, 0.05) is 36.4 Å². The van der Waals surface area contributed by atoms with E-state index in [9.17, 15) is 0 Å². The maximum absolute atomic E-state index is 6.33. The molecule has 0 saturated carbocycles. The van der Waals surface area contributed by atoms with Gasteiger partial charge in [0.15, 0.2) is 0 Å². The van der Waals surface area contributed by atoms with E-state index in [1.165, 1.54) is 16.0 Å². The largest absolute Gasteiger partial charge is 0.369 e. The van der Waals surface area contributed by atoms with Gasteiger partial charge < -0.3 is 4.74 Å². The minimum atomic E-state index is -0.115. The van der Waals surface area contributed by atoms with Gasteiger partial charge in [0.1, 0.15) is 5.60 Å².